The predicted octanol–water partition coefficient (Wildman–Crippen LogP) is 3.67. The van der Waals surface area contributed by atoms with Gasteiger partial charge in [0.25, 0.3) is 0 Å². The van der Waals surface area contributed by atoms with Crippen molar-refractivity contribution in [3.8, 4) is 0 Å². The molecule has 0 aliphatic carbocycles. The van der Waals surface area contributed by atoms with Crippen molar-refractivity contribution in [3.05, 3.63) is 34.9 Å². The quantitative estimate of drug-likeness (QED) is 0.694. The maximum absolute atomic E-state index is 10.5. The van der Waals surface area contributed by atoms with Gasteiger partial charge in [0, 0.05) is 11.4 Å². The van der Waals surface area contributed by atoms with Crippen LogP contribution in [0, 0.1) is 5.92 Å². The molecule has 14 heavy (non-hydrogen) atoms. The first-order chi connectivity index (χ1) is 6.65. The van der Waals surface area contributed by atoms with Crippen molar-refractivity contribution < 1.29 is 4.79 Å². The fourth-order valence-electron chi connectivity index (χ4n) is 1.61. The van der Waals surface area contributed by atoms with Crippen LogP contribution in [0.15, 0.2) is 24.3 Å². The molecule has 0 unspecified atom stereocenters. The van der Waals surface area contributed by atoms with Crippen molar-refractivity contribution in [2.75, 3.05) is 0 Å². The maximum Gasteiger partial charge on any atom is 0.120 e. The topological polar surface area (TPSA) is 17.1 Å². The minimum atomic E-state index is 0.310. The summed E-state index contributed by atoms with van der Waals surface area (Å²) < 4.78 is 0. The molecular formula is C12H15ClO. The van der Waals surface area contributed by atoms with Crippen LogP contribution in [0.2, 0.25) is 5.02 Å². The van der Waals surface area contributed by atoms with Gasteiger partial charge in [0.05, 0.1) is 0 Å². The summed E-state index contributed by atoms with van der Waals surface area (Å²) in [6, 6.07) is 7.74. The minimum absolute atomic E-state index is 0.310. The van der Waals surface area contributed by atoms with Gasteiger partial charge in [-0.1, -0.05) is 37.6 Å². The standard InChI is InChI=1S/C12H15ClO/c1-9(2)12(7-8-14)10-3-5-11(13)6-4-10/h3-6,8-9,12H,7H2,1-2H3/t12-/m0/s1. The second-order valence-electron chi connectivity index (χ2n) is 3.80. The normalized spacial score (nSPS) is 12.9. The van der Waals surface area contributed by atoms with E-state index in [1.807, 2.05) is 24.3 Å². The molecule has 0 spiro atoms. The minimum Gasteiger partial charge on any atom is -0.303 e. The maximum atomic E-state index is 10.5. The molecule has 1 aromatic rings. The smallest absolute Gasteiger partial charge is 0.120 e. The summed E-state index contributed by atoms with van der Waals surface area (Å²) in [5.74, 6) is 0.783. The van der Waals surface area contributed by atoms with Crippen LogP contribution in [0.5, 0.6) is 0 Å². The van der Waals surface area contributed by atoms with Crippen LogP contribution in [0.3, 0.4) is 0 Å². The molecule has 76 valence electrons. The highest BCUT2D eigenvalue weighted by Crippen LogP contribution is 2.27. The van der Waals surface area contributed by atoms with Crippen LogP contribution in [-0.4, -0.2) is 6.29 Å². The predicted molar refractivity (Wildman–Crippen MR) is 59.7 cm³/mol. The van der Waals surface area contributed by atoms with Gasteiger partial charge < -0.3 is 4.79 Å². The molecule has 0 fully saturated rings. The van der Waals surface area contributed by atoms with Crippen molar-refractivity contribution >= 4 is 17.9 Å². The van der Waals surface area contributed by atoms with Gasteiger partial charge in [0.15, 0.2) is 0 Å². The second-order valence-corrected chi connectivity index (χ2v) is 4.24. The van der Waals surface area contributed by atoms with Gasteiger partial charge in [-0.3, -0.25) is 0 Å². The van der Waals surface area contributed by atoms with E-state index >= 15 is 0 Å². The number of aldehydes is 1. The van der Waals surface area contributed by atoms with Gasteiger partial charge in [0.1, 0.15) is 6.29 Å². The molecule has 1 rings (SSSR count). The molecule has 0 saturated heterocycles. The van der Waals surface area contributed by atoms with Gasteiger partial charge in [-0.25, -0.2) is 0 Å². The lowest BCUT2D eigenvalue weighted by Crippen LogP contribution is -2.07. The van der Waals surface area contributed by atoms with Crippen molar-refractivity contribution in [3.63, 3.8) is 0 Å². The number of hydrogen-bond acceptors (Lipinski definition) is 1. The Morgan fingerprint density at radius 1 is 1.29 bits per heavy atom. The first-order valence-electron chi connectivity index (χ1n) is 4.84. The summed E-state index contributed by atoms with van der Waals surface area (Å²) in [7, 11) is 0. The molecule has 0 aliphatic rings. The molecule has 0 aliphatic heterocycles. The van der Waals surface area contributed by atoms with Gasteiger partial charge in [-0.05, 0) is 29.5 Å². The number of rotatable bonds is 4. The van der Waals surface area contributed by atoms with E-state index in [9.17, 15) is 4.79 Å². The Kier molecular flexibility index (Phi) is 4.15. The third-order valence-corrected chi connectivity index (χ3v) is 2.71. The highest BCUT2D eigenvalue weighted by atomic mass is 35.5. The summed E-state index contributed by atoms with van der Waals surface area (Å²) in [4.78, 5) is 10.5. The van der Waals surface area contributed by atoms with E-state index in [0.29, 0.717) is 18.3 Å². The second kappa shape index (κ2) is 5.16. The number of carbonyl (C=O) groups is 1. The first-order valence-corrected chi connectivity index (χ1v) is 5.22. The Bertz CT molecular complexity index is 290. The fourth-order valence-corrected chi connectivity index (χ4v) is 1.73. The lowest BCUT2D eigenvalue weighted by Gasteiger charge is -2.18. The largest absolute Gasteiger partial charge is 0.303 e. The summed E-state index contributed by atoms with van der Waals surface area (Å²) >= 11 is 5.80. The molecule has 1 atom stereocenters. The molecule has 0 amide bonds. The van der Waals surface area contributed by atoms with Crippen LogP contribution in [-0.2, 0) is 4.79 Å². The SMILES string of the molecule is CC(C)[C@H](CC=O)c1ccc(Cl)cc1. The summed E-state index contributed by atoms with van der Waals surface area (Å²) in [5.41, 5.74) is 1.19. The molecule has 0 heterocycles. The third-order valence-electron chi connectivity index (χ3n) is 2.45. The van der Waals surface area contributed by atoms with E-state index in [-0.39, 0.29) is 0 Å². The van der Waals surface area contributed by atoms with Crippen LogP contribution in [0.1, 0.15) is 31.7 Å². The molecule has 0 radical (unpaired) electrons. The zero-order valence-electron chi connectivity index (χ0n) is 8.53. The van der Waals surface area contributed by atoms with Crippen molar-refractivity contribution in [2.24, 2.45) is 5.92 Å². The van der Waals surface area contributed by atoms with Gasteiger partial charge in [0.2, 0.25) is 0 Å². The third kappa shape index (κ3) is 2.85. The van der Waals surface area contributed by atoms with E-state index in [1.165, 1.54) is 5.56 Å². The first kappa shape index (κ1) is 11.3. The molecule has 0 N–H and O–H groups in total. The average Bonchev–Trinajstić information content (AvgIpc) is 2.15. The number of carbonyl (C=O) groups excluding carboxylic acids is 1. The Labute approximate surface area is 90.1 Å². The Hall–Kier alpha value is -0.820. The van der Waals surface area contributed by atoms with E-state index < -0.39 is 0 Å². The summed E-state index contributed by atoms with van der Waals surface area (Å²) in [6.07, 6.45) is 1.57. The van der Waals surface area contributed by atoms with E-state index in [4.69, 9.17) is 11.6 Å². The van der Waals surface area contributed by atoms with Crippen molar-refractivity contribution in [2.45, 2.75) is 26.2 Å². The van der Waals surface area contributed by atoms with Crippen molar-refractivity contribution in [1.82, 2.24) is 0 Å². The fraction of sp³-hybridized carbons (Fsp3) is 0.417. The zero-order chi connectivity index (χ0) is 10.6. The van der Waals surface area contributed by atoms with E-state index in [0.717, 1.165) is 11.3 Å². The molecule has 0 saturated carbocycles. The summed E-state index contributed by atoms with van der Waals surface area (Å²) in [6.45, 7) is 4.26. The molecule has 1 nitrogen and oxygen atoms in total. The number of benzene rings is 1. The Morgan fingerprint density at radius 3 is 2.29 bits per heavy atom. The highest BCUT2D eigenvalue weighted by molar-refractivity contribution is 6.30. The Morgan fingerprint density at radius 2 is 1.86 bits per heavy atom. The molecule has 0 aromatic heterocycles. The average molecular weight is 211 g/mol. The van der Waals surface area contributed by atoms with Gasteiger partial charge >= 0.3 is 0 Å². The van der Waals surface area contributed by atoms with E-state index in [1.54, 1.807) is 0 Å². The zero-order valence-corrected chi connectivity index (χ0v) is 9.29. The lowest BCUT2D eigenvalue weighted by atomic mass is 9.86. The van der Waals surface area contributed by atoms with Crippen LogP contribution >= 0.6 is 11.6 Å². The molecule has 0 bridgehead atoms. The molecule has 2 heteroatoms. The van der Waals surface area contributed by atoms with Gasteiger partial charge in [-0.2, -0.15) is 0 Å². The number of hydrogen-bond donors (Lipinski definition) is 0. The molecular weight excluding hydrogens is 196 g/mol. The summed E-state index contributed by atoms with van der Waals surface area (Å²) in [5, 5.41) is 0.738. The lowest BCUT2D eigenvalue weighted by molar-refractivity contribution is -0.108. The highest BCUT2D eigenvalue weighted by Gasteiger charge is 2.14. The van der Waals surface area contributed by atoms with Crippen LogP contribution in [0.4, 0.5) is 0 Å². The molecule has 1 aromatic carbocycles. The Balaban J connectivity index is 2.87. The van der Waals surface area contributed by atoms with Crippen LogP contribution < -0.4 is 0 Å². The van der Waals surface area contributed by atoms with Crippen LogP contribution in [0.25, 0.3) is 0 Å². The van der Waals surface area contributed by atoms with E-state index in [2.05, 4.69) is 13.8 Å². The van der Waals surface area contributed by atoms with Gasteiger partial charge in [-0.15, -0.1) is 0 Å². The number of halogens is 1. The monoisotopic (exact) mass is 210 g/mol. The van der Waals surface area contributed by atoms with Crippen molar-refractivity contribution in [1.29, 1.82) is 0 Å².